The van der Waals surface area contributed by atoms with Crippen molar-refractivity contribution >= 4 is 11.9 Å². The van der Waals surface area contributed by atoms with Gasteiger partial charge in [-0.25, -0.2) is 9.78 Å². The van der Waals surface area contributed by atoms with Crippen LogP contribution in [-0.2, 0) is 17.8 Å². The molecule has 23 heavy (non-hydrogen) atoms. The second-order valence-electron chi connectivity index (χ2n) is 7.05. The first kappa shape index (κ1) is 14.8. The topological polar surface area (TPSA) is 65.9 Å². The maximum atomic E-state index is 11.3. The Morgan fingerprint density at radius 3 is 2.96 bits per heavy atom. The molecule has 2 fully saturated rings. The van der Waals surface area contributed by atoms with Crippen LogP contribution in [0.3, 0.4) is 0 Å². The third-order valence-electron chi connectivity index (χ3n) is 5.07. The Balaban J connectivity index is 1.48. The molecule has 1 aromatic rings. The minimum absolute atomic E-state index is 0.154. The highest BCUT2D eigenvalue weighted by molar-refractivity contribution is 5.67. The van der Waals surface area contributed by atoms with Gasteiger partial charge in [0.15, 0.2) is 0 Å². The highest BCUT2D eigenvalue weighted by atomic mass is 16.5. The molecule has 3 aliphatic rings. The Hall–Kier alpha value is -1.82. The SMILES string of the molecule is C[C@@H]1CN(C(=O)O)C[C@H]2Cc3ccc(COCC4CC4)nc3N21. The third-order valence-corrected chi connectivity index (χ3v) is 5.07. The highest BCUT2D eigenvalue weighted by Crippen LogP contribution is 2.35. The highest BCUT2D eigenvalue weighted by Gasteiger charge is 2.40. The summed E-state index contributed by atoms with van der Waals surface area (Å²) in [5.74, 6) is 1.79. The van der Waals surface area contributed by atoms with Crippen LogP contribution in [0.4, 0.5) is 10.6 Å². The average molecular weight is 317 g/mol. The fraction of sp³-hybridized carbons (Fsp3) is 0.647. The van der Waals surface area contributed by atoms with E-state index >= 15 is 0 Å². The Morgan fingerprint density at radius 1 is 1.39 bits per heavy atom. The smallest absolute Gasteiger partial charge is 0.407 e. The Morgan fingerprint density at radius 2 is 2.22 bits per heavy atom. The number of pyridine rings is 1. The van der Waals surface area contributed by atoms with Gasteiger partial charge in [0.1, 0.15) is 5.82 Å². The standard InChI is InChI=1S/C17H23N3O3/c1-11-7-19(17(21)22)8-15-6-13-4-5-14(18-16(13)20(11)15)10-23-9-12-2-3-12/h4-5,11-12,15H,2-3,6-10H2,1H3,(H,21,22)/t11-,15-/m1/s1. The summed E-state index contributed by atoms with van der Waals surface area (Å²) >= 11 is 0. The lowest BCUT2D eigenvalue weighted by atomic mass is 10.1. The zero-order valence-corrected chi connectivity index (χ0v) is 13.4. The molecule has 0 radical (unpaired) electrons. The summed E-state index contributed by atoms with van der Waals surface area (Å²) in [5.41, 5.74) is 2.19. The van der Waals surface area contributed by atoms with Crippen molar-refractivity contribution in [3.63, 3.8) is 0 Å². The minimum Gasteiger partial charge on any atom is -0.465 e. The van der Waals surface area contributed by atoms with E-state index in [-0.39, 0.29) is 12.1 Å². The van der Waals surface area contributed by atoms with Gasteiger partial charge in [0, 0.05) is 25.7 Å². The number of nitrogens with zero attached hydrogens (tertiary/aromatic N) is 3. The van der Waals surface area contributed by atoms with E-state index in [9.17, 15) is 9.90 Å². The largest absolute Gasteiger partial charge is 0.465 e. The van der Waals surface area contributed by atoms with Crippen LogP contribution >= 0.6 is 0 Å². The molecule has 124 valence electrons. The Bertz CT molecular complexity index is 617. The number of carboxylic acid groups (broad SMARTS) is 1. The van der Waals surface area contributed by atoms with Gasteiger partial charge >= 0.3 is 6.09 Å². The summed E-state index contributed by atoms with van der Waals surface area (Å²) in [6.07, 6.45) is 2.64. The van der Waals surface area contributed by atoms with Gasteiger partial charge in [0.05, 0.1) is 18.3 Å². The van der Waals surface area contributed by atoms with Crippen molar-refractivity contribution in [3.05, 3.63) is 23.4 Å². The van der Waals surface area contributed by atoms with Crippen LogP contribution in [0.15, 0.2) is 12.1 Å². The van der Waals surface area contributed by atoms with Gasteiger partial charge < -0.3 is 19.6 Å². The number of aromatic nitrogens is 1. The van der Waals surface area contributed by atoms with Crippen LogP contribution in [0.5, 0.6) is 0 Å². The van der Waals surface area contributed by atoms with E-state index in [1.165, 1.54) is 23.3 Å². The Labute approximate surface area is 136 Å². The van der Waals surface area contributed by atoms with Gasteiger partial charge in [0.25, 0.3) is 0 Å². The third kappa shape index (κ3) is 2.87. The number of hydrogen-bond acceptors (Lipinski definition) is 4. The van der Waals surface area contributed by atoms with Gasteiger partial charge in [0.2, 0.25) is 0 Å². The van der Waals surface area contributed by atoms with Crippen molar-refractivity contribution in [3.8, 4) is 0 Å². The van der Waals surface area contributed by atoms with E-state index < -0.39 is 6.09 Å². The lowest BCUT2D eigenvalue weighted by Gasteiger charge is -2.42. The molecular weight excluding hydrogens is 294 g/mol. The minimum atomic E-state index is -0.824. The molecule has 1 saturated carbocycles. The lowest BCUT2D eigenvalue weighted by Crippen LogP contribution is -2.58. The van der Waals surface area contributed by atoms with Crippen LogP contribution in [0.2, 0.25) is 0 Å². The van der Waals surface area contributed by atoms with Gasteiger partial charge in [-0.1, -0.05) is 6.07 Å². The molecule has 2 aliphatic heterocycles. The maximum Gasteiger partial charge on any atom is 0.407 e. The van der Waals surface area contributed by atoms with E-state index in [1.807, 2.05) is 6.07 Å². The summed E-state index contributed by atoms with van der Waals surface area (Å²) in [7, 11) is 0. The van der Waals surface area contributed by atoms with E-state index in [0.29, 0.717) is 19.7 Å². The molecule has 1 N–H and O–H groups in total. The van der Waals surface area contributed by atoms with Crippen molar-refractivity contribution in [2.24, 2.45) is 5.92 Å². The zero-order valence-electron chi connectivity index (χ0n) is 13.4. The first-order chi connectivity index (χ1) is 11.1. The zero-order chi connectivity index (χ0) is 16.0. The summed E-state index contributed by atoms with van der Waals surface area (Å²) in [5, 5.41) is 9.26. The second kappa shape index (κ2) is 5.67. The molecular formula is C17H23N3O3. The molecule has 6 nitrogen and oxygen atoms in total. The van der Waals surface area contributed by atoms with E-state index in [1.54, 1.807) is 0 Å². The second-order valence-corrected chi connectivity index (χ2v) is 7.05. The maximum absolute atomic E-state index is 11.3. The van der Waals surface area contributed by atoms with Crippen LogP contribution in [0.1, 0.15) is 31.0 Å². The molecule has 0 bridgehead atoms. The molecule has 1 aromatic heterocycles. The first-order valence-electron chi connectivity index (χ1n) is 8.44. The molecule has 6 heteroatoms. The monoisotopic (exact) mass is 317 g/mol. The van der Waals surface area contributed by atoms with Gasteiger partial charge in [-0.3, -0.25) is 0 Å². The molecule has 1 saturated heterocycles. The van der Waals surface area contributed by atoms with Crippen molar-refractivity contribution < 1.29 is 14.6 Å². The van der Waals surface area contributed by atoms with Crippen molar-refractivity contribution in [1.29, 1.82) is 0 Å². The number of hydrogen-bond donors (Lipinski definition) is 1. The van der Waals surface area contributed by atoms with E-state index in [4.69, 9.17) is 9.72 Å². The van der Waals surface area contributed by atoms with E-state index in [0.717, 1.165) is 30.5 Å². The molecule has 1 aliphatic carbocycles. The summed E-state index contributed by atoms with van der Waals surface area (Å²) in [4.78, 5) is 19.9. The summed E-state index contributed by atoms with van der Waals surface area (Å²) < 4.78 is 5.75. The van der Waals surface area contributed by atoms with Gasteiger partial charge in [-0.05, 0) is 43.7 Å². The fourth-order valence-electron chi connectivity index (χ4n) is 3.73. The van der Waals surface area contributed by atoms with Gasteiger partial charge in [-0.15, -0.1) is 0 Å². The molecule has 0 unspecified atom stereocenters. The average Bonchev–Trinajstić information content (AvgIpc) is 3.25. The first-order valence-corrected chi connectivity index (χ1v) is 8.44. The van der Waals surface area contributed by atoms with Crippen molar-refractivity contribution in [1.82, 2.24) is 9.88 Å². The number of amides is 1. The normalized spacial score (nSPS) is 26.1. The van der Waals surface area contributed by atoms with E-state index in [2.05, 4.69) is 17.9 Å². The summed E-state index contributed by atoms with van der Waals surface area (Å²) in [6, 6.07) is 4.54. The molecule has 2 atom stereocenters. The molecule has 4 rings (SSSR count). The number of rotatable bonds is 4. The van der Waals surface area contributed by atoms with Crippen molar-refractivity contribution in [2.75, 3.05) is 24.6 Å². The number of anilines is 1. The quantitative estimate of drug-likeness (QED) is 0.921. The van der Waals surface area contributed by atoms with Crippen LogP contribution in [0, 0.1) is 5.92 Å². The van der Waals surface area contributed by atoms with Crippen LogP contribution < -0.4 is 4.90 Å². The molecule has 0 spiro atoms. The van der Waals surface area contributed by atoms with Crippen LogP contribution in [-0.4, -0.2) is 52.9 Å². The predicted octanol–water partition coefficient (Wildman–Crippen LogP) is 2.12. The summed E-state index contributed by atoms with van der Waals surface area (Å²) in [6.45, 7) is 4.58. The fourth-order valence-corrected chi connectivity index (χ4v) is 3.73. The number of ether oxygens (including phenoxy) is 1. The number of piperazine rings is 1. The Kier molecular flexibility index (Phi) is 3.64. The molecule has 3 heterocycles. The molecule has 1 amide bonds. The predicted molar refractivity (Wildman–Crippen MR) is 85.6 cm³/mol. The van der Waals surface area contributed by atoms with Crippen LogP contribution in [0.25, 0.3) is 0 Å². The number of fused-ring (bicyclic) bond motifs is 3. The van der Waals surface area contributed by atoms with Gasteiger partial charge in [-0.2, -0.15) is 0 Å². The lowest BCUT2D eigenvalue weighted by molar-refractivity contribution is 0.109. The molecule has 0 aromatic carbocycles. The number of carbonyl (C=O) groups is 1. The van der Waals surface area contributed by atoms with Crippen molar-refractivity contribution in [2.45, 2.75) is 44.9 Å².